The summed E-state index contributed by atoms with van der Waals surface area (Å²) in [7, 11) is 0. The molecule has 1 aliphatic heterocycles. The molecule has 4 rings (SSSR count). The zero-order chi connectivity index (χ0) is 18.1. The number of urea groups is 1. The highest BCUT2D eigenvalue weighted by molar-refractivity contribution is 6.12. The van der Waals surface area contributed by atoms with E-state index in [1.54, 1.807) is 12.1 Å². The molecule has 2 heterocycles. The first-order chi connectivity index (χ1) is 12.6. The Hall–Kier alpha value is -3.48. The highest BCUT2D eigenvalue weighted by Gasteiger charge is 2.37. The van der Waals surface area contributed by atoms with Gasteiger partial charge in [-0.1, -0.05) is 47.1 Å². The maximum absolute atomic E-state index is 12.6. The Bertz CT molecular complexity index is 968. The van der Waals surface area contributed by atoms with Crippen molar-refractivity contribution in [2.45, 2.75) is 13.5 Å². The Kier molecular flexibility index (Phi) is 3.96. The molecule has 0 radical (unpaired) electrons. The molecule has 1 aromatic heterocycles. The summed E-state index contributed by atoms with van der Waals surface area (Å²) in [5.41, 5.74) is 2.58. The Labute approximate surface area is 149 Å². The van der Waals surface area contributed by atoms with Gasteiger partial charge in [0.05, 0.1) is 0 Å². The average molecular weight is 348 g/mol. The molecule has 7 nitrogen and oxygen atoms in total. The van der Waals surface area contributed by atoms with Crippen molar-refractivity contribution in [3.8, 4) is 11.4 Å². The number of carbonyl (C=O) groups is 2. The van der Waals surface area contributed by atoms with Gasteiger partial charge in [0.2, 0.25) is 11.7 Å². The van der Waals surface area contributed by atoms with E-state index in [1.165, 1.54) is 4.90 Å². The molecular formula is C19H16N4O3. The zero-order valence-electron chi connectivity index (χ0n) is 14.1. The van der Waals surface area contributed by atoms with Crippen molar-refractivity contribution >= 4 is 17.6 Å². The van der Waals surface area contributed by atoms with Gasteiger partial charge in [-0.3, -0.25) is 14.6 Å². The molecule has 1 fully saturated rings. The van der Waals surface area contributed by atoms with Gasteiger partial charge < -0.3 is 4.52 Å². The molecule has 0 spiro atoms. The summed E-state index contributed by atoms with van der Waals surface area (Å²) >= 11 is 0. The number of rotatable bonds is 4. The van der Waals surface area contributed by atoms with Crippen LogP contribution in [0.4, 0.5) is 10.5 Å². The molecule has 0 atom stereocenters. The number of hydrogen-bond acceptors (Lipinski definition) is 5. The summed E-state index contributed by atoms with van der Waals surface area (Å²) in [5, 5.41) is 3.95. The van der Waals surface area contributed by atoms with E-state index in [-0.39, 0.29) is 24.9 Å². The maximum atomic E-state index is 12.6. The topological polar surface area (TPSA) is 79.5 Å². The molecule has 0 saturated carbocycles. The highest BCUT2D eigenvalue weighted by Crippen LogP contribution is 2.23. The van der Waals surface area contributed by atoms with Gasteiger partial charge in [0.1, 0.15) is 13.1 Å². The summed E-state index contributed by atoms with van der Waals surface area (Å²) in [6.45, 7) is 1.94. The lowest BCUT2D eigenvalue weighted by Crippen LogP contribution is -2.32. The Morgan fingerprint density at radius 1 is 1.08 bits per heavy atom. The van der Waals surface area contributed by atoms with Gasteiger partial charge in [-0.15, -0.1) is 0 Å². The summed E-state index contributed by atoms with van der Waals surface area (Å²) in [6.07, 6.45) is 0. The van der Waals surface area contributed by atoms with Crippen molar-refractivity contribution in [2.24, 2.45) is 0 Å². The fraction of sp³-hybridized carbons (Fsp3) is 0.158. The van der Waals surface area contributed by atoms with E-state index in [2.05, 4.69) is 10.1 Å². The number of aryl methyl sites for hydroxylation is 1. The predicted octanol–water partition coefficient (Wildman–Crippen LogP) is 3.01. The van der Waals surface area contributed by atoms with Crippen LogP contribution in [0.15, 0.2) is 59.1 Å². The monoisotopic (exact) mass is 348 g/mol. The molecule has 2 aromatic carbocycles. The van der Waals surface area contributed by atoms with Crippen LogP contribution in [0.3, 0.4) is 0 Å². The lowest BCUT2D eigenvalue weighted by Gasteiger charge is -2.15. The Morgan fingerprint density at radius 3 is 2.65 bits per heavy atom. The number of carbonyl (C=O) groups excluding carboxylic acids is 2. The largest absolute Gasteiger partial charge is 0.337 e. The minimum Gasteiger partial charge on any atom is -0.337 e. The summed E-state index contributed by atoms with van der Waals surface area (Å²) in [6, 6.07) is 16.4. The SMILES string of the molecule is Cc1cccc(-c2noc(CN3C(=O)CN(c4ccccc4)C3=O)n2)c1. The van der Waals surface area contributed by atoms with E-state index in [9.17, 15) is 9.59 Å². The van der Waals surface area contributed by atoms with E-state index in [0.29, 0.717) is 11.5 Å². The van der Waals surface area contributed by atoms with Crippen LogP contribution in [-0.2, 0) is 11.3 Å². The van der Waals surface area contributed by atoms with Crippen LogP contribution in [0.1, 0.15) is 11.5 Å². The number of hydrogen-bond donors (Lipinski definition) is 0. The van der Waals surface area contributed by atoms with Crippen LogP contribution in [0.2, 0.25) is 0 Å². The minimum absolute atomic E-state index is 0.00171. The van der Waals surface area contributed by atoms with Crippen molar-refractivity contribution < 1.29 is 14.1 Å². The van der Waals surface area contributed by atoms with Crippen LogP contribution in [0, 0.1) is 6.92 Å². The standard InChI is InChI=1S/C19H16N4O3/c1-13-6-5-7-14(10-13)18-20-16(26-21-18)11-23-17(24)12-22(19(23)25)15-8-3-2-4-9-15/h2-10H,11-12H2,1H3. The van der Waals surface area contributed by atoms with Gasteiger partial charge in [0, 0.05) is 11.3 Å². The normalized spacial score (nSPS) is 14.3. The van der Waals surface area contributed by atoms with Crippen molar-refractivity contribution in [3.63, 3.8) is 0 Å². The number of para-hydroxylation sites is 1. The number of amides is 3. The Morgan fingerprint density at radius 2 is 1.88 bits per heavy atom. The van der Waals surface area contributed by atoms with Gasteiger partial charge >= 0.3 is 6.03 Å². The quantitative estimate of drug-likeness (QED) is 0.677. The molecule has 1 aliphatic rings. The summed E-state index contributed by atoms with van der Waals surface area (Å²) in [5.74, 6) is 0.356. The second-order valence-corrected chi connectivity index (χ2v) is 6.07. The fourth-order valence-electron chi connectivity index (χ4n) is 2.86. The van der Waals surface area contributed by atoms with Crippen LogP contribution in [0.25, 0.3) is 11.4 Å². The minimum atomic E-state index is -0.392. The molecule has 0 unspecified atom stereocenters. The zero-order valence-corrected chi connectivity index (χ0v) is 14.1. The first kappa shape index (κ1) is 16.0. The van der Waals surface area contributed by atoms with Gasteiger partial charge in [0.15, 0.2) is 0 Å². The predicted molar refractivity (Wildman–Crippen MR) is 94.2 cm³/mol. The van der Waals surface area contributed by atoms with Crippen LogP contribution < -0.4 is 4.90 Å². The van der Waals surface area contributed by atoms with Gasteiger partial charge in [-0.25, -0.2) is 4.79 Å². The first-order valence-corrected chi connectivity index (χ1v) is 8.18. The van der Waals surface area contributed by atoms with Gasteiger partial charge in [0.25, 0.3) is 5.91 Å². The van der Waals surface area contributed by atoms with E-state index in [0.717, 1.165) is 16.0 Å². The second kappa shape index (κ2) is 6.44. The van der Waals surface area contributed by atoms with Crippen molar-refractivity contribution in [2.75, 3.05) is 11.4 Å². The average Bonchev–Trinajstić information content (AvgIpc) is 3.23. The third-order valence-electron chi connectivity index (χ3n) is 4.16. The van der Waals surface area contributed by atoms with Crippen molar-refractivity contribution in [3.05, 3.63) is 66.1 Å². The fourth-order valence-corrected chi connectivity index (χ4v) is 2.86. The number of benzene rings is 2. The number of nitrogens with zero attached hydrogens (tertiary/aromatic N) is 4. The molecule has 1 saturated heterocycles. The Balaban J connectivity index is 1.53. The first-order valence-electron chi connectivity index (χ1n) is 8.18. The van der Waals surface area contributed by atoms with Crippen molar-refractivity contribution in [1.29, 1.82) is 0 Å². The van der Waals surface area contributed by atoms with Crippen LogP contribution in [-0.4, -0.2) is 33.5 Å². The van der Waals surface area contributed by atoms with E-state index >= 15 is 0 Å². The lowest BCUT2D eigenvalue weighted by atomic mass is 10.1. The lowest BCUT2D eigenvalue weighted by molar-refractivity contribution is -0.125. The molecule has 3 amide bonds. The third kappa shape index (κ3) is 2.95. The van der Waals surface area contributed by atoms with E-state index < -0.39 is 6.03 Å². The number of imide groups is 1. The van der Waals surface area contributed by atoms with Gasteiger partial charge in [-0.05, 0) is 25.1 Å². The van der Waals surface area contributed by atoms with Gasteiger partial charge in [-0.2, -0.15) is 4.98 Å². The highest BCUT2D eigenvalue weighted by atomic mass is 16.5. The molecule has 26 heavy (non-hydrogen) atoms. The van der Waals surface area contributed by atoms with E-state index in [4.69, 9.17) is 4.52 Å². The maximum Gasteiger partial charge on any atom is 0.332 e. The molecule has 3 aromatic rings. The molecule has 130 valence electrons. The smallest absolute Gasteiger partial charge is 0.332 e. The van der Waals surface area contributed by atoms with Crippen molar-refractivity contribution in [1.82, 2.24) is 15.0 Å². The van der Waals surface area contributed by atoms with E-state index in [1.807, 2.05) is 49.4 Å². The van der Waals surface area contributed by atoms with Crippen LogP contribution in [0.5, 0.6) is 0 Å². The van der Waals surface area contributed by atoms with Crippen LogP contribution >= 0.6 is 0 Å². The third-order valence-corrected chi connectivity index (χ3v) is 4.16. The molecule has 0 N–H and O–H groups in total. The number of anilines is 1. The second-order valence-electron chi connectivity index (χ2n) is 6.07. The summed E-state index contributed by atoms with van der Waals surface area (Å²) < 4.78 is 5.23. The molecule has 7 heteroatoms. The summed E-state index contributed by atoms with van der Waals surface area (Å²) in [4.78, 5) is 31.7. The molecule has 0 aliphatic carbocycles. The molecule has 0 bridgehead atoms. The number of aromatic nitrogens is 2. The molecular weight excluding hydrogens is 332 g/mol.